The predicted molar refractivity (Wildman–Crippen MR) is 72.7 cm³/mol. The smallest absolute Gasteiger partial charge is 0.245 e. The molecule has 0 saturated carbocycles. The Morgan fingerprint density at radius 2 is 2.26 bits per heavy atom. The van der Waals surface area contributed by atoms with Crippen LogP contribution in [0.25, 0.3) is 0 Å². The van der Waals surface area contributed by atoms with Gasteiger partial charge in [0, 0.05) is 19.1 Å². The van der Waals surface area contributed by atoms with Gasteiger partial charge >= 0.3 is 0 Å². The van der Waals surface area contributed by atoms with E-state index >= 15 is 0 Å². The van der Waals surface area contributed by atoms with Gasteiger partial charge in [0.1, 0.15) is 6.04 Å². The number of morpholine rings is 1. The number of rotatable bonds is 6. The number of nitrogens with zero attached hydrogens (tertiary/aromatic N) is 1. The Morgan fingerprint density at radius 1 is 1.53 bits per heavy atom. The predicted octanol–water partition coefficient (Wildman–Crippen LogP) is -0.486. The van der Waals surface area contributed by atoms with Gasteiger partial charge < -0.3 is 20.3 Å². The van der Waals surface area contributed by atoms with Gasteiger partial charge in [0.2, 0.25) is 11.8 Å². The minimum atomic E-state index is -0.533. The third-order valence-corrected chi connectivity index (χ3v) is 2.75. The fourth-order valence-electron chi connectivity index (χ4n) is 1.88. The number of hydrogen-bond donors (Lipinski definition) is 2. The summed E-state index contributed by atoms with van der Waals surface area (Å²) >= 11 is 0. The molecule has 1 saturated heterocycles. The van der Waals surface area contributed by atoms with Crippen molar-refractivity contribution < 1.29 is 14.3 Å². The molecule has 1 aliphatic rings. The lowest BCUT2D eigenvalue weighted by Crippen LogP contribution is -2.58. The molecular weight excluding hydrogens is 246 g/mol. The van der Waals surface area contributed by atoms with E-state index in [1.807, 2.05) is 13.8 Å². The number of ether oxygens (including phenoxy) is 1. The van der Waals surface area contributed by atoms with Crippen LogP contribution in [0.5, 0.6) is 0 Å². The number of nitrogens with one attached hydrogen (secondary N) is 2. The molecule has 0 radical (unpaired) electrons. The lowest BCUT2D eigenvalue weighted by molar-refractivity contribution is -0.148. The maximum atomic E-state index is 12.1. The Labute approximate surface area is 114 Å². The summed E-state index contributed by atoms with van der Waals surface area (Å²) < 4.78 is 5.30. The molecule has 1 heterocycles. The van der Waals surface area contributed by atoms with Crippen LogP contribution in [-0.2, 0) is 14.3 Å². The van der Waals surface area contributed by atoms with Gasteiger partial charge in [-0.1, -0.05) is 6.08 Å². The van der Waals surface area contributed by atoms with E-state index in [-0.39, 0.29) is 31.0 Å². The quantitative estimate of drug-likeness (QED) is 0.504. The topological polar surface area (TPSA) is 70.7 Å². The molecule has 1 unspecified atom stereocenters. The van der Waals surface area contributed by atoms with Crippen LogP contribution in [0, 0.1) is 0 Å². The SMILES string of the molecule is C=CCNCC(=O)N1CCOCC1C(=O)NC(C)C. The number of carbonyl (C=O) groups is 2. The molecule has 0 aromatic carbocycles. The zero-order chi connectivity index (χ0) is 14.3. The molecule has 1 fully saturated rings. The third-order valence-electron chi connectivity index (χ3n) is 2.75. The van der Waals surface area contributed by atoms with Crippen molar-refractivity contribution in [2.75, 3.05) is 32.8 Å². The number of hydrogen-bond acceptors (Lipinski definition) is 4. The summed E-state index contributed by atoms with van der Waals surface area (Å²) in [5, 5.41) is 5.77. The zero-order valence-corrected chi connectivity index (χ0v) is 11.6. The van der Waals surface area contributed by atoms with E-state index in [4.69, 9.17) is 4.74 Å². The van der Waals surface area contributed by atoms with Gasteiger partial charge in [-0.3, -0.25) is 9.59 Å². The lowest BCUT2D eigenvalue weighted by atomic mass is 10.2. The van der Waals surface area contributed by atoms with Crippen LogP contribution in [0.4, 0.5) is 0 Å². The summed E-state index contributed by atoms with van der Waals surface area (Å²) in [6.45, 7) is 9.30. The van der Waals surface area contributed by atoms with Gasteiger partial charge in [0.15, 0.2) is 0 Å². The van der Waals surface area contributed by atoms with Crippen molar-refractivity contribution in [3.63, 3.8) is 0 Å². The molecule has 1 aliphatic heterocycles. The molecule has 2 amide bonds. The highest BCUT2D eigenvalue weighted by Crippen LogP contribution is 2.07. The molecule has 6 nitrogen and oxygen atoms in total. The van der Waals surface area contributed by atoms with E-state index in [2.05, 4.69) is 17.2 Å². The third kappa shape index (κ3) is 5.00. The largest absolute Gasteiger partial charge is 0.377 e. The maximum absolute atomic E-state index is 12.1. The molecule has 1 rings (SSSR count). The molecule has 19 heavy (non-hydrogen) atoms. The molecule has 108 valence electrons. The van der Waals surface area contributed by atoms with Crippen molar-refractivity contribution in [1.29, 1.82) is 0 Å². The molecule has 2 N–H and O–H groups in total. The summed E-state index contributed by atoms with van der Waals surface area (Å²) in [7, 11) is 0. The highest BCUT2D eigenvalue weighted by atomic mass is 16.5. The molecule has 6 heteroatoms. The Bertz CT molecular complexity index is 331. The first-order chi connectivity index (χ1) is 9.06. The second kappa shape index (κ2) is 7.91. The van der Waals surface area contributed by atoms with Gasteiger partial charge in [-0.2, -0.15) is 0 Å². The molecule has 0 bridgehead atoms. The van der Waals surface area contributed by atoms with E-state index in [9.17, 15) is 9.59 Å². The Morgan fingerprint density at radius 3 is 2.89 bits per heavy atom. The van der Waals surface area contributed by atoms with E-state index in [0.29, 0.717) is 19.7 Å². The van der Waals surface area contributed by atoms with Gasteiger partial charge in [0.25, 0.3) is 0 Å². The van der Waals surface area contributed by atoms with Crippen LogP contribution in [0.2, 0.25) is 0 Å². The highest BCUT2D eigenvalue weighted by molar-refractivity contribution is 5.88. The van der Waals surface area contributed by atoms with Gasteiger partial charge in [-0.25, -0.2) is 0 Å². The first kappa shape index (κ1) is 15.7. The van der Waals surface area contributed by atoms with Gasteiger partial charge in [0.05, 0.1) is 19.8 Å². The van der Waals surface area contributed by atoms with Crippen LogP contribution in [0.3, 0.4) is 0 Å². The van der Waals surface area contributed by atoms with E-state index < -0.39 is 6.04 Å². The van der Waals surface area contributed by atoms with Crippen molar-refractivity contribution in [3.8, 4) is 0 Å². The minimum Gasteiger partial charge on any atom is -0.377 e. The summed E-state index contributed by atoms with van der Waals surface area (Å²) in [5.41, 5.74) is 0. The Balaban J connectivity index is 2.58. The van der Waals surface area contributed by atoms with Crippen LogP contribution in [0.15, 0.2) is 12.7 Å². The standard InChI is InChI=1S/C13H23N3O3/c1-4-5-14-8-12(17)16-6-7-19-9-11(16)13(18)15-10(2)3/h4,10-11,14H,1,5-9H2,2-3H3,(H,15,18). The molecule has 0 spiro atoms. The minimum absolute atomic E-state index is 0.0465. The Hall–Kier alpha value is -1.40. The van der Waals surface area contributed by atoms with E-state index in [0.717, 1.165) is 0 Å². The summed E-state index contributed by atoms with van der Waals surface area (Å²) in [4.78, 5) is 25.7. The summed E-state index contributed by atoms with van der Waals surface area (Å²) in [6, 6.07) is -0.487. The van der Waals surface area contributed by atoms with Crippen LogP contribution >= 0.6 is 0 Å². The van der Waals surface area contributed by atoms with Crippen molar-refractivity contribution in [1.82, 2.24) is 15.5 Å². The lowest BCUT2D eigenvalue weighted by Gasteiger charge is -2.35. The second-order valence-electron chi connectivity index (χ2n) is 4.76. The molecular formula is C13H23N3O3. The number of carbonyl (C=O) groups excluding carboxylic acids is 2. The number of amides is 2. The highest BCUT2D eigenvalue weighted by Gasteiger charge is 2.32. The summed E-state index contributed by atoms with van der Waals surface area (Å²) in [5.74, 6) is -0.249. The molecule has 0 aliphatic carbocycles. The van der Waals surface area contributed by atoms with E-state index in [1.54, 1.807) is 11.0 Å². The van der Waals surface area contributed by atoms with Crippen LogP contribution in [-0.4, -0.2) is 61.6 Å². The van der Waals surface area contributed by atoms with Gasteiger partial charge in [-0.05, 0) is 13.8 Å². The van der Waals surface area contributed by atoms with Gasteiger partial charge in [-0.15, -0.1) is 6.58 Å². The fraction of sp³-hybridized carbons (Fsp3) is 0.692. The summed E-state index contributed by atoms with van der Waals surface area (Å²) in [6.07, 6.45) is 1.69. The van der Waals surface area contributed by atoms with Crippen LogP contribution < -0.4 is 10.6 Å². The maximum Gasteiger partial charge on any atom is 0.245 e. The normalized spacial score (nSPS) is 19.3. The van der Waals surface area contributed by atoms with Crippen molar-refractivity contribution in [3.05, 3.63) is 12.7 Å². The average molecular weight is 269 g/mol. The monoisotopic (exact) mass is 269 g/mol. The first-order valence-electron chi connectivity index (χ1n) is 6.55. The second-order valence-corrected chi connectivity index (χ2v) is 4.76. The zero-order valence-electron chi connectivity index (χ0n) is 11.6. The Kier molecular flexibility index (Phi) is 6.52. The molecule has 0 aromatic rings. The van der Waals surface area contributed by atoms with Crippen molar-refractivity contribution >= 4 is 11.8 Å². The molecule has 1 atom stereocenters. The van der Waals surface area contributed by atoms with Crippen molar-refractivity contribution in [2.45, 2.75) is 25.9 Å². The fourth-order valence-corrected chi connectivity index (χ4v) is 1.88. The van der Waals surface area contributed by atoms with Crippen LogP contribution in [0.1, 0.15) is 13.8 Å². The molecule has 0 aromatic heterocycles. The first-order valence-corrected chi connectivity index (χ1v) is 6.55. The average Bonchev–Trinajstić information content (AvgIpc) is 2.38. The van der Waals surface area contributed by atoms with Crippen molar-refractivity contribution in [2.24, 2.45) is 0 Å². The van der Waals surface area contributed by atoms with E-state index in [1.165, 1.54) is 0 Å².